The van der Waals surface area contributed by atoms with Gasteiger partial charge in [0, 0.05) is 22.4 Å². The third-order valence-electron chi connectivity index (χ3n) is 2.35. The lowest BCUT2D eigenvalue weighted by Gasteiger charge is -2.08. The normalized spacial score (nSPS) is 14.9. The maximum absolute atomic E-state index is 11.0. The van der Waals surface area contributed by atoms with Crippen LogP contribution in [0.1, 0.15) is 11.8 Å². The summed E-state index contributed by atoms with van der Waals surface area (Å²) in [6.45, 7) is 0. The Morgan fingerprint density at radius 3 is 2.81 bits per heavy atom. The molecule has 0 aliphatic carbocycles. The quantitative estimate of drug-likeness (QED) is 0.880. The molecule has 4 heteroatoms. The number of hydrogen-bond acceptors (Lipinski definition) is 3. The summed E-state index contributed by atoms with van der Waals surface area (Å²) in [5.41, 5.74) is 1.43. The number of hydrogen-bond donors (Lipinski definition) is 1. The lowest BCUT2D eigenvalue weighted by molar-refractivity contribution is 0.198. The van der Waals surface area contributed by atoms with Gasteiger partial charge in [-0.05, 0) is 12.1 Å². The first-order valence-electron chi connectivity index (χ1n) is 5.00. The number of aliphatic hydroxyl groups excluding tert-OH is 1. The molecular formula is C12H13NO2S. The average Bonchev–Trinajstić information content (AvgIpc) is 2.27. The van der Waals surface area contributed by atoms with Crippen LogP contribution in [-0.4, -0.2) is 26.3 Å². The highest BCUT2D eigenvalue weighted by Crippen LogP contribution is 2.16. The third kappa shape index (κ3) is 2.46. The largest absolute Gasteiger partial charge is 0.386 e. The van der Waals surface area contributed by atoms with Crippen molar-refractivity contribution < 1.29 is 9.32 Å². The second-order valence-corrected chi connectivity index (χ2v) is 5.16. The lowest BCUT2D eigenvalue weighted by atomic mass is 10.2. The SMILES string of the molecule is C[S@](=O)C[C@H](O)c1ccc2ccccc2n1. The maximum atomic E-state index is 11.0. The zero-order valence-electron chi connectivity index (χ0n) is 8.96. The van der Waals surface area contributed by atoms with E-state index >= 15 is 0 Å². The highest BCUT2D eigenvalue weighted by molar-refractivity contribution is 7.84. The van der Waals surface area contributed by atoms with Crippen LogP contribution in [0.25, 0.3) is 10.9 Å². The molecule has 2 rings (SSSR count). The van der Waals surface area contributed by atoms with Crippen LogP contribution < -0.4 is 0 Å². The second-order valence-electron chi connectivity index (χ2n) is 3.68. The first kappa shape index (κ1) is 11.2. The Balaban J connectivity index is 2.35. The van der Waals surface area contributed by atoms with Gasteiger partial charge in [-0.3, -0.25) is 9.19 Å². The van der Waals surface area contributed by atoms with Crippen LogP contribution in [0.3, 0.4) is 0 Å². The maximum Gasteiger partial charge on any atom is 0.107 e. The van der Waals surface area contributed by atoms with E-state index in [1.807, 2.05) is 30.3 Å². The highest BCUT2D eigenvalue weighted by atomic mass is 32.2. The Bertz CT molecular complexity index is 527. The fraction of sp³-hybridized carbons (Fsp3) is 0.250. The first-order valence-corrected chi connectivity index (χ1v) is 6.73. The summed E-state index contributed by atoms with van der Waals surface area (Å²) in [6, 6.07) is 11.4. The van der Waals surface area contributed by atoms with Gasteiger partial charge in [0.15, 0.2) is 0 Å². The van der Waals surface area contributed by atoms with Gasteiger partial charge in [0.2, 0.25) is 0 Å². The lowest BCUT2D eigenvalue weighted by Crippen LogP contribution is -2.09. The summed E-state index contributed by atoms with van der Waals surface area (Å²) >= 11 is 0. The molecule has 0 amide bonds. The zero-order valence-corrected chi connectivity index (χ0v) is 9.78. The summed E-state index contributed by atoms with van der Waals surface area (Å²) in [5.74, 6) is 0.228. The van der Waals surface area contributed by atoms with Crippen molar-refractivity contribution in [2.24, 2.45) is 0 Å². The van der Waals surface area contributed by atoms with Crippen LogP contribution in [0.15, 0.2) is 36.4 Å². The molecule has 0 fully saturated rings. The van der Waals surface area contributed by atoms with Gasteiger partial charge in [-0.1, -0.05) is 24.3 Å². The third-order valence-corrected chi connectivity index (χ3v) is 3.14. The van der Waals surface area contributed by atoms with E-state index in [9.17, 15) is 9.32 Å². The van der Waals surface area contributed by atoms with Gasteiger partial charge < -0.3 is 5.11 Å². The molecule has 2 aromatic rings. The molecular weight excluding hydrogens is 222 g/mol. The number of para-hydroxylation sites is 1. The Hall–Kier alpha value is -1.26. The minimum absolute atomic E-state index is 0.228. The summed E-state index contributed by atoms with van der Waals surface area (Å²) < 4.78 is 11.0. The Morgan fingerprint density at radius 2 is 2.06 bits per heavy atom. The average molecular weight is 235 g/mol. The number of benzene rings is 1. The van der Waals surface area contributed by atoms with Crippen LogP contribution in [0.5, 0.6) is 0 Å². The van der Waals surface area contributed by atoms with E-state index in [4.69, 9.17) is 0 Å². The second kappa shape index (κ2) is 4.72. The predicted molar refractivity (Wildman–Crippen MR) is 65.6 cm³/mol. The monoisotopic (exact) mass is 235 g/mol. The van der Waals surface area contributed by atoms with Crippen molar-refractivity contribution in [1.29, 1.82) is 0 Å². The van der Waals surface area contributed by atoms with E-state index in [-0.39, 0.29) is 5.75 Å². The number of fused-ring (bicyclic) bond motifs is 1. The molecule has 0 saturated heterocycles. The predicted octanol–water partition coefficient (Wildman–Crippen LogP) is 1.65. The zero-order chi connectivity index (χ0) is 11.5. The number of aromatic nitrogens is 1. The molecule has 0 unspecified atom stereocenters. The van der Waals surface area contributed by atoms with Crippen LogP contribution in [-0.2, 0) is 10.8 Å². The van der Waals surface area contributed by atoms with Gasteiger partial charge >= 0.3 is 0 Å². The Labute approximate surface area is 96.6 Å². The van der Waals surface area contributed by atoms with Gasteiger partial charge in [0.05, 0.1) is 17.0 Å². The molecule has 0 aliphatic rings. The standard InChI is InChI=1S/C12H13NO2S/c1-16(15)8-12(14)11-7-6-9-4-2-3-5-10(9)13-11/h2-7,12,14H,8H2,1H3/t12-,16-/m0/s1. The molecule has 0 radical (unpaired) electrons. The van der Waals surface area contributed by atoms with Crippen molar-refractivity contribution in [2.45, 2.75) is 6.10 Å². The number of rotatable bonds is 3. The number of nitrogens with zero attached hydrogens (tertiary/aromatic N) is 1. The molecule has 16 heavy (non-hydrogen) atoms. The van der Waals surface area contributed by atoms with Gasteiger partial charge in [-0.15, -0.1) is 0 Å². The Kier molecular flexibility index (Phi) is 3.31. The van der Waals surface area contributed by atoms with Crippen molar-refractivity contribution in [3.63, 3.8) is 0 Å². The van der Waals surface area contributed by atoms with Crippen molar-refractivity contribution in [3.8, 4) is 0 Å². The summed E-state index contributed by atoms with van der Waals surface area (Å²) in [4.78, 5) is 4.34. The summed E-state index contributed by atoms with van der Waals surface area (Å²) in [7, 11) is -1.02. The number of pyridine rings is 1. The van der Waals surface area contributed by atoms with E-state index in [0.717, 1.165) is 10.9 Å². The van der Waals surface area contributed by atoms with Gasteiger partial charge in [0.25, 0.3) is 0 Å². The van der Waals surface area contributed by atoms with E-state index in [1.54, 1.807) is 12.3 Å². The van der Waals surface area contributed by atoms with Crippen LogP contribution >= 0.6 is 0 Å². The molecule has 1 aromatic heterocycles. The van der Waals surface area contributed by atoms with Crippen molar-refractivity contribution in [1.82, 2.24) is 4.98 Å². The highest BCUT2D eigenvalue weighted by Gasteiger charge is 2.11. The van der Waals surface area contributed by atoms with Crippen molar-refractivity contribution in [2.75, 3.05) is 12.0 Å². The van der Waals surface area contributed by atoms with Crippen molar-refractivity contribution in [3.05, 3.63) is 42.1 Å². The molecule has 1 aromatic carbocycles. The molecule has 1 heterocycles. The fourth-order valence-corrected chi connectivity index (χ4v) is 2.19. The van der Waals surface area contributed by atoms with Gasteiger partial charge in [0.1, 0.15) is 6.10 Å². The van der Waals surface area contributed by atoms with E-state index in [0.29, 0.717) is 5.69 Å². The molecule has 0 bridgehead atoms. The van der Waals surface area contributed by atoms with Crippen LogP contribution in [0, 0.1) is 0 Å². The van der Waals surface area contributed by atoms with Gasteiger partial charge in [-0.2, -0.15) is 0 Å². The smallest absolute Gasteiger partial charge is 0.107 e. The van der Waals surface area contributed by atoms with E-state index < -0.39 is 16.9 Å². The van der Waals surface area contributed by atoms with Crippen molar-refractivity contribution >= 4 is 21.7 Å². The van der Waals surface area contributed by atoms with E-state index in [1.165, 1.54) is 0 Å². The Morgan fingerprint density at radius 1 is 1.31 bits per heavy atom. The molecule has 3 nitrogen and oxygen atoms in total. The molecule has 2 atom stereocenters. The molecule has 0 saturated carbocycles. The van der Waals surface area contributed by atoms with Crippen LogP contribution in [0.4, 0.5) is 0 Å². The fourth-order valence-electron chi connectivity index (χ4n) is 1.58. The summed E-state index contributed by atoms with van der Waals surface area (Å²) in [5, 5.41) is 10.8. The van der Waals surface area contributed by atoms with Gasteiger partial charge in [-0.25, -0.2) is 0 Å². The molecule has 0 aliphatic heterocycles. The minimum atomic E-state index is -1.02. The minimum Gasteiger partial charge on any atom is -0.386 e. The number of aliphatic hydroxyl groups is 1. The first-order chi connectivity index (χ1) is 7.66. The summed E-state index contributed by atoms with van der Waals surface area (Å²) in [6.07, 6.45) is 0.819. The molecule has 84 valence electrons. The molecule has 0 spiro atoms. The molecule has 1 N–H and O–H groups in total. The van der Waals surface area contributed by atoms with Crippen LogP contribution in [0.2, 0.25) is 0 Å². The van der Waals surface area contributed by atoms with E-state index in [2.05, 4.69) is 4.98 Å². The topological polar surface area (TPSA) is 50.2 Å².